The van der Waals surface area contributed by atoms with Gasteiger partial charge in [-0.05, 0) is 53.3 Å². The molecule has 0 atom stereocenters. The predicted octanol–water partition coefficient (Wildman–Crippen LogP) is 5.26. The second-order valence-electron chi connectivity index (χ2n) is 3.96. The van der Waals surface area contributed by atoms with Crippen molar-refractivity contribution in [1.82, 2.24) is 0 Å². The summed E-state index contributed by atoms with van der Waals surface area (Å²) in [5.74, 6) is -1.22. The summed E-state index contributed by atoms with van der Waals surface area (Å²) >= 11 is 2.07. The summed E-state index contributed by atoms with van der Waals surface area (Å²) in [5, 5.41) is 0. The summed E-state index contributed by atoms with van der Waals surface area (Å²) in [7, 11) is 0. The van der Waals surface area contributed by atoms with Crippen molar-refractivity contribution in [1.29, 1.82) is 0 Å². The van der Waals surface area contributed by atoms with E-state index in [-0.39, 0.29) is 12.3 Å². The largest absolute Gasteiger partial charge is 0.470 e. The zero-order chi connectivity index (χ0) is 15.0. The van der Waals surface area contributed by atoms with Crippen LogP contribution in [0, 0.1) is 3.57 Å². The summed E-state index contributed by atoms with van der Waals surface area (Å²) < 4.78 is 44.0. The molecule has 0 aliphatic heterocycles. The van der Waals surface area contributed by atoms with Gasteiger partial charge in [-0.1, -0.05) is 25.5 Å². The van der Waals surface area contributed by atoms with Crippen molar-refractivity contribution in [3.63, 3.8) is 0 Å². The maximum atomic E-state index is 12.8. The minimum absolute atomic E-state index is 0.136. The number of unbranched alkanes of at least 4 members (excludes halogenated alkanes) is 1. The number of benzene rings is 1. The summed E-state index contributed by atoms with van der Waals surface area (Å²) in [6.07, 6.45) is 0.525. The molecule has 6 heteroatoms. The van der Waals surface area contributed by atoms with Crippen LogP contribution in [0.1, 0.15) is 19.8 Å². The quantitative estimate of drug-likeness (QED) is 0.288. The Morgan fingerprint density at radius 3 is 2.45 bits per heavy atom. The molecule has 0 aliphatic carbocycles. The molecule has 110 valence electrons. The van der Waals surface area contributed by atoms with Gasteiger partial charge in [-0.15, -0.1) is 0 Å². The van der Waals surface area contributed by atoms with E-state index in [1.165, 1.54) is 12.1 Å². The molecule has 0 radical (unpaired) electrons. The van der Waals surface area contributed by atoms with Gasteiger partial charge >= 0.3 is 6.18 Å². The number of allylic oxidation sites excluding steroid dienone is 1. The lowest BCUT2D eigenvalue weighted by molar-refractivity contribution is -0.0770. The Morgan fingerprint density at radius 2 is 1.90 bits per heavy atom. The highest BCUT2D eigenvalue weighted by Crippen LogP contribution is 2.23. The van der Waals surface area contributed by atoms with Gasteiger partial charge in [0.15, 0.2) is 0 Å². The lowest BCUT2D eigenvalue weighted by Crippen LogP contribution is -2.25. The molecule has 0 fully saturated rings. The zero-order valence-electron chi connectivity index (χ0n) is 11.0. The smallest absolute Gasteiger partial charge is 0.468 e. The standard InChI is InChI=1S/C14H15F3INO/c1-2-3-4-5-10-20-13(14(15,16)17)19-12-8-6-11(18)7-9-12/h4-9H,2-3,10H2,1H3/b5-4+,19-13?. The van der Waals surface area contributed by atoms with Crippen LogP contribution in [-0.4, -0.2) is 18.7 Å². The van der Waals surface area contributed by atoms with Crippen LogP contribution in [0.3, 0.4) is 0 Å². The van der Waals surface area contributed by atoms with Crippen LogP contribution >= 0.6 is 22.6 Å². The molecule has 20 heavy (non-hydrogen) atoms. The minimum Gasteiger partial charge on any atom is -0.470 e. The number of nitrogens with zero attached hydrogens (tertiary/aromatic N) is 1. The third kappa shape index (κ3) is 6.40. The first kappa shape index (κ1) is 17.0. The van der Waals surface area contributed by atoms with Crippen LogP contribution in [0.5, 0.6) is 0 Å². The SMILES string of the molecule is CCC/C=C/COC(=Nc1ccc(I)cc1)C(F)(F)F. The van der Waals surface area contributed by atoms with E-state index in [2.05, 4.69) is 27.6 Å². The van der Waals surface area contributed by atoms with E-state index in [4.69, 9.17) is 4.74 Å². The highest BCUT2D eigenvalue weighted by atomic mass is 127. The van der Waals surface area contributed by atoms with Gasteiger partial charge in [0.05, 0.1) is 5.69 Å². The van der Waals surface area contributed by atoms with Crippen molar-refractivity contribution in [2.24, 2.45) is 4.99 Å². The maximum absolute atomic E-state index is 12.8. The van der Waals surface area contributed by atoms with Crippen molar-refractivity contribution >= 4 is 34.2 Å². The van der Waals surface area contributed by atoms with Gasteiger partial charge in [0.25, 0.3) is 5.90 Å². The second kappa shape index (κ2) is 8.28. The number of hydrogen-bond acceptors (Lipinski definition) is 2. The van der Waals surface area contributed by atoms with Crippen molar-refractivity contribution < 1.29 is 17.9 Å². The highest BCUT2D eigenvalue weighted by molar-refractivity contribution is 14.1. The summed E-state index contributed by atoms with van der Waals surface area (Å²) in [6, 6.07) is 6.41. The molecule has 0 saturated heterocycles. The first-order valence-electron chi connectivity index (χ1n) is 6.12. The van der Waals surface area contributed by atoms with E-state index in [0.717, 1.165) is 16.4 Å². The van der Waals surface area contributed by atoms with Crippen LogP contribution in [0.25, 0.3) is 0 Å². The molecular weight excluding hydrogens is 382 g/mol. The number of ether oxygens (including phenoxy) is 1. The highest BCUT2D eigenvalue weighted by Gasteiger charge is 2.38. The molecule has 0 N–H and O–H groups in total. The van der Waals surface area contributed by atoms with Crippen LogP contribution in [0.15, 0.2) is 41.4 Å². The third-order valence-electron chi connectivity index (χ3n) is 2.24. The average Bonchev–Trinajstić information content (AvgIpc) is 2.38. The van der Waals surface area contributed by atoms with E-state index in [1.807, 2.05) is 6.92 Å². The molecule has 1 rings (SSSR count). The van der Waals surface area contributed by atoms with Gasteiger partial charge in [-0.25, -0.2) is 4.99 Å². The Labute approximate surface area is 129 Å². The number of hydrogen-bond donors (Lipinski definition) is 0. The van der Waals surface area contributed by atoms with Crippen LogP contribution < -0.4 is 0 Å². The number of rotatable bonds is 5. The third-order valence-corrected chi connectivity index (χ3v) is 2.96. The molecule has 0 heterocycles. The van der Waals surface area contributed by atoms with Crippen LogP contribution in [0.4, 0.5) is 18.9 Å². The van der Waals surface area contributed by atoms with E-state index in [1.54, 1.807) is 24.3 Å². The first-order chi connectivity index (χ1) is 9.43. The lowest BCUT2D eigenvalue weighted by Gasteiger charge is -2.10. The molecule has 0 saturated carbocycles. The fourth-order valence-electron chi connectivity index (χ4n) is 1.29. The Balaban J connectivity index is 2.76. The molecule has 0 aliphatic rings. The second-order valence-corrected chi connectivity index (χ2v) is 5.21. The van der Waals surface area contributed by atoms with Crippen LogP contribution in [0.2, 0.25) is 0 Å². The molecule has 1 aromatic carbocycles. The molecule has 1 aromatic rings. The molecule has 0 bridgehead atoms. The predicted molar refractivity (Wildman–Crippen MR) is 82.3 cm³/mol. The van der Waals surface area contributed by atoms with Crippen molar-refractivity contribution in [3.8, 4) is 0 Å². The lowest BCUT2D eigenvalue weighted by atomic mass is 10.3. The van der Waals surface area contributed by atoms with Gasteiger partial charge in [0.2, 0.25) is 0 Å². The first-order valence-corrected chi connectivity index (χ1v) is 7.20. The molecular formula is C14H15F3INO. The molecule has 0 aromatic heterocycles. The Bertz CT molecular complexity index is 466. The topological polar surface area (TPSA) is 21.6 Å². The fourth-order valence-corrected chi connectivity index (χ4v) is 1.65. The average molecular weight is 397 g/mol. The minimum atomic E-state index is -4.60. The molecule has 0 unspecified atom stereocenters. The Kier molecular flexibility index (Phi) is 7.04. The molecule has 0 spiro atoms. The summed E-state index contributed by atoms with van der Waals surface area (Å²) in [4.78, 5) is 3.52. The number of aliphatic imine (C=N–C) groups is 1. The van der Waals surface area contributed by atoms with E-state index < -0.39 is 12.1 Å². The Morgan fingerprint density at radius 1 is 1.25 bits per heavy atom. The van der Waals surface area contributed by atoms with Crippen molar-refractivity contribution in [2.45, 2.75) is 25.9 Å². The fraction of sp³-hybridized carbons (Fsp3) is 0.357. The van der Waals surface area contributed by atoms with E-state index >= 15 is 0 Å². The van der Waals surface area contributed by atoms with E-state index in [9.17, 15) is 13.2 Å². The van der Waals surface area contributed by atoms with Gasteiger partial charge in [0.1, 0.15) is 6.61 Å². The van der Waals surface area contributed by atoms with Gasteiger partial charge in [-0.3, -0.25) is 0 Å². The molecule has 2 nitrogen and oxygen atoms in total. The van der Waals surface area contributed by atoms with Crippen molar-refractivity contribution in [2.75, 3.05) is 6.61 Å². The number of halogens is 4. The summed E-state index contributed by atoms with van der Waals surface area (Å²) in [6.45, 7) is 1.85. The van der Waals surface area contributed by atoms with E-state index in [0.29, 0.717) is 0 Å². The van der Waals surface area contributed by atoms with Crippen molar-refractivity contribution in [3.05, 3.63) is 40.0 Å². The van der Waals surface area contributed by atoms with Crippen LogP contribution in [-0.2, 0) is 4.74 Å². The monoisotopic (exact) mass is 397 g/mol. The van der Waals surface area contributed by atoms with Gasteiger partial charge in [0, 0.05) is 3.57 Å². The maximum Gasteiger partial charge on any atom is 0.468 e. The van der Waals surface area contributed by atoms with Gasteiger partial charge in [-0.2, -0.15) is 13.2 Å². The Hall–Kier alpha value is -1.05. The number of alkyl halides is 3. The molecule has 0 amide bonds. The van der Waals surface area contributed by atoms with Gasteiger partial charge < -0.3 is 4.74 Å². The summed E-state index contributed by atoms with van der Waals surface area (Å²) in [5.41, 5.74) is 0.218. The zero-order valence-corrected chi connectivity index (χ0v) is 13.1. The normalized spacial score (nSPS) is 12.9.